The highest BCUT2D eigenvalue weighted by Crippen LogP contribution is 2.28. The predicted molar refractivity (Wildman–Crippen MR) is 56.8 cm³/mol. The lowest BCUT2D eigenvalue weighted by Crippen LogP contribution is -2.40. The Balaban J connectivity index is 3.17. The second-order valence-corrected chi connectivity index (χ2v) is 3.49. The molecule has 0 radical (unpaired) electrons. The fourth-order valence-electron chi connectivity index (χ4n) is 1.51. The number of phenolic OH excluding ortho intramolecular Hbond substituents is 1. The van der Waals surface area contributed by atoms with Crippen LogP contribution < -0.4 is 10.5 Å². The average Bonchev–Trinajstić information content (AvgIpc) is 2.25. The van der Waals surface area contributed by atoms with E-state index in [0.717, 1.165) is 5.48 Å². The first-order valence-corrected chi connectivity index (χ1v) is 4.66. The van der Waals surface area contributed by atoms with Crippen molar-refractivity contribution in [3.63, 3.8) is 0 Å². The zero-order chi connectivity index (χ0) is 13.2. The van der Waals surface area contributed by atoms with Crippen molar-refractivity contribution >= 4 is 17.5 Å². The molecule has 0 saturated carbocycles. The van der Waals surface area contributed by atoms with Crippen molar-refractivity contribution in [2.45, 2.75) is 13.8 Å². The van der Waals surface area contributed by atoms with E-state index < -0.39 is 11.8 Å². The number of hydroxylamine groups is 2. The molecular formula is C10H12N2O5. The summed E-state index contributed by atoms with van der Waals surface area (Å²) in [6, 6.07) is 2.66. The highest BCUT2D eigenvalue weighted by atomic mass is 16.5. The van der Waals surface area contributed by atoms with Crippen molar-refractivity contribution < 1.29 is 25.1 Å². The summed E-state index contributed by atoms with van der Waals surface area (Å²) in [6.45, 7) is 3.10. The fourth-order valence-corrected chi connectivity index (χ4v) is 1.51. The Hall–Kier alpha value is -2.12. The van der Waals surface area contributed by atoms with E-state index in [9.17, 15) is 19.9 Å². The van der Waals surface area contributed by atoms with Crippen LogP contribution in [0.5, 0.6) is 5.75 Å². The minimum absolute atomic E-state index is 0.0174. The molecule has 0 bridgehead atoms. The van der Waals surface area contributed by atoms with Gasteiger partial charge in [0.05, 0.1) is 5.69 Å². The van der Waals surface area contributed by atoms with Crippen LogP contribution in [0.15, 0.2) is 12.1 Å². The quantitative estimate of drug-likeness (QED) is 0.319. The molecule has 7 heteroatoms. The molecule has 1 aromatic carbocycles. The SMILES string of the molecule is Cc1cc(O)cc(C)c1N(O)C(=O)C(=O)NO. The van der Waals surface area contributed by atoms with Crippen molar-refractivity contribution in [2.24, 2.45) is 0 Å². The maximum Gasteiger partial charge on any atom is 0.342 e. The van der Waals surface area contributed by atoms with Crippen molar-refractivity contribution in [3.05, 3.63) is 23.3 Å². The molecule has 0 aliphatic carbocycles. The molecule has 17 heavy (non-hydrogen) atoms. The minimum atomic E-state index is -1.36. The minimum Gasteiger partial charge on any atom is -0.508 e. The van der Waals surface area contributed by atoms with Gasteiger partial charge in [-0.25, -0.2) is 5.48 Å². The van der Waals surface area contributed by atoms with E-state index in [1.807, 2.05) is 0 Å². The van der Waals surface area contributed by atoms with E-state index in [1.54, 1.807) is 13.8 Å². The topological polar surface area (TPSA) is 110 Å². The first kappa shape index (κ1) is 12.9. The molecule has 0 fully saturated rings. The van der Waals surface area contributed by atoms with Gasteiger partial charge >= 0.3 is 11.8 Å². The zero-order valence-corrected chi connectivity index (χ0v) is 9.26. The molecule has 7 nitrogen and oxygen atoms in total. The van der Waals surface area contributed by atoms with Gasteiger partial charge in [0.25, 0.3) is 0 Å². The largest absolute Gasteiger partial charge is 0.508 e. The zero-order valence-electron chi connectivity index (χ0n) is 9.26. The predicted octanol–water partition coefficient (Wildman–Crippen LogP) is 0.237. The third kappa shape index (κ3) is 2.52. The molecule has 0 saturated heterocycles. The van der Waals surface area contributed by atoms with Gasteiger partial charge in [0.2, 0.25) is 0 Å². The molecule has 1 aromatic rings. The number of aryl methyl sites for hydroxylation is 2. The number of rotatable bonds is 1. The van der Waals surface area contributed by atoms with Gasteiger partial charge in [-0.05, 0) is 37.1 Å². The van der Waals surface area contributed by atoms with E-state index in [4.69, 9.17) is 5.21 Å². The lowest BCUT2D eigenvalue weighted by Gasteiger charge is -2.18. The molecular weight excluding hydrogens is 228 g/mol. The summed E-state index contributed by atoms with van der Waals surface area (Å²) in [5, 5.41) is 27.3. The third-order valence-electron chi connectivity index (χ3n) is 2.18. The van der Waals surface area contributed by atoms with Gasteiger partial charge in [-0.15, -0.1) is 0 Å². The smallest absolute Gasteiger partial charge is 0.342 e. The number of hydrogen-bond donors (Lipinski definition) is 4. The van der Waals surface area contributed by atoms with Crippen LogP contribution in [0, 0.1) is 13.8 Å². The maximum absolute atomic E-state index is 11.3. The highest BCUT2D eigenvalue weighted by Gasteiger charge is 2.24. The van der Waals surface area contributed by atoms with Crippen molar-refractivity contribution in [2.75, 3.05) is 5.06 Å². The van der Waals surface area contributed by atoms with Crippen molar-refractivity contribution in [3.8, 4) is 5.75 Å². The summed E-state index contributed by atoms with van der Waals surface area (Å²) in [7, 11) is 0. The van der Waals surface area contributed by atoms with E-state index in [1.165, 1.54) is 12.1 Å². The van der Waals surface area contributed by atoms with Crippen LogP contribution in [0.25, 0.3) is 0 Å². The number of hydrogen-bond acceptors (Lipinski definition) is 5. The van der Waals surface area contributed by atoms with Gasteiger partial charge < -0.3 is 5.11 Å². The maximum atomic E-state index is 11.3. The highest BCUT2D eigenvalue weighted by molar-refractivity contribution is 6.39. The van der Waals surface area contributed by atoms with Crippen LogP contribution >= 0.6 is 0 Å². The van der Waals surface area contributed by atoms with Gasteiger partial charge in [0.1, 0.15) is 5.75 Å². The van der Waals surface area contributed by atoms with Crippen LogP contribution in [0.1, 0.15) is 11.1 Å². The van der Waals surface area contributed by atoms with E-state index in [-0.39, 0.29) is 16.5 Å². The molecule has 0 spiro atoms. The fraction of sp³-hybridized carbons (Fsp3) is 0.200. The van der Waals surface area contributed by atoms with Crippen LogP contribution in [-0.2, 0) is 9.59 Å². The van der Waals surface area contributed by atoms with Gasteiger partial charge in [0, 0.05) is 0 Å². The third-order valence-corrected chi connectivity index (χ3v) is 2.18. The summed E-state index contributed by atoms with van der Waals surface area (Å²) in [6.07, 6.45) is 0. The van der Waals surface area contributed by atoms with Gasteiger partial charge in [-0.3, -0.25) is 20.0 Å². The molecule has 0 aromatic heterocycles. The van der Waals surface area contributed by atoms with Crippen molar-refractivity contribution in [1.82, 2.24) is 5.48 Å². The lowest BCUT2D eigenvalue weighted by atomic mass is 10.1. The molecule has 0 aliphatic heterocycles. The molecule has 0 heterocycles. The number of carbonyl (C=O) groups excluding carboxylic acids is 2. The summed E-state index contributed by atoms with van der Waals surface area (Å²) in [4.78, 5) is 22.2. The second kappa shape index (κ2) is 4.81. The first-order chi connectivity index (χ1) is 7.88. The molecule has 0 unspecified atom stereocenters. The molecule has 0 atom stereocenters. The molecule has 1 rings (SSSR count). The van der Waals surface area contributed by atoms with E-state index >= 15 is 0 Å². The normalized spacial score (nSPS) is 9.88. The van der Waals surface area contributed by atoms with Crippen LogP contribution in [0.4, 0.5) is 5.69 Å². The number of phenols is 1. The van der Waals surface area contributed by atoms with Crippen LogP contribution in [0.2, 0.25) is 0 Å². The first-order valence-electron chi connectivity index (χ1n) is 4.66. The van der Waals surface area contributed by atoms with Crippen LogP contribution in [-0.4, -0.2) is 27.3 Å². The van der Waals surface area contributed by atoms with Gasteiger partial charge in [-0.1, -0.05) is 0 Å². The number of aromatic hydroxyl groups is 1. The standard InChI is InChI=1S/C10H12N2O5/c1-5-3-7(13)4-6(2)8(5)12(17)10(15)9(14)11-16/h3-4,13,16-17H,1-2H3,(H,11,14). The Bertz CT molecular complexity index is 449. The second-order valence-electron chi connectivity index (χ2n) is 3.49. The molecule has 4 N–H and O–H groups in total. The van der Waals surface area contributed by atoms with Crippen molar-refractivity contribution in [1.29, 1.82) is 0 Å². The number of carbonyl (C=O) groups is 2. The number of nitrogens with one attached hydrogen (secondary N) is 1. The average molecular weight is 240 g/mol. The number of anilines is 1. The van der Waals surface area contributed by atoms with Gasteiger partial charge in [0.15, 0.2) is 0 Å². The van der Waals surface area contributed by atoms with E-state index in [0.29, 0.717) is 11.1 Å². The van der Waals surface area contributed by atoms with Gasteiger partial charge in [-0.2, -0.15) is 5.06 Å². The summed E-state index contributed by atoms with van der Waals surface area (Å²) in [5.74, 6) is -2.71. The van der Waals surface area contributed by atoms with E-state index in [2.05, 4.69) is 0 Å². The Morgan fingerprint density at radius 3 is 2.12 bits per heavy atom. The Labute approximate surface area is 96.8 Å². The number of nitrogens with zero attached hydrogens (tertiary/aromatic N) is 1. The summed E-state index contributed by atoms with van der Waals surface area (Å²) < 4.78 is 0. The molecule has 92 valence electrons. The van der Waals surface area contributed by atoms with Crippen LogP contribution in [0.3, 0.4) is 0 Å². The summed E-state index contributed by atoms with van der Waals surface area (Å²) >= 11 is 0. The Morgan fingerprint density at radius 1 is 1.24 bits per heavy atom. The molecule has 0 aliphatic rings. The Morgan fingerprint density at radius 2 is 1.71 bits per heavy atom. The number of benzene rings is 1. The molecule has 2 amide bonds. The Kier molecular flexibility index (Phi) is 3.66. The monoisotopic (exact) mass is 240 g/mol. The lowest BCUT2D eigenvalue weighted by molar-refractivity contribution is -0.145. The summed E-state index contributed by atoms with van der Waals surface area (Å²) in [5.41, 5.74) is 2.02. The number of amides is 2.